The molecule has 0 aliphatic heterocycles. The maximum atomic E-state index is 8.85. The second-order valence-corrected chi connectivity index (χ2v) is 5.88. The molecule has 0 radical (unpaired) electrons. The number of rotatable bonds is 9. The van der Waals surface area contributed by atoms with Crippen molar-refractivity contribution in [1.29, 1.82) is 5.26 Å². The van der Waals surface area contributed by atoms with E-state index in [-0.39, 0.29) is 5.41 Å². The maximum Gasteiger partial charge on any atom is 0.0635 e. The summed E-state index contributed by atoms with van der Waals surface area (Å²) in [5, 5.41) is 9.86. The second kappa shape index (κ2) is 9.10. The number of nitriles is 1. The Kier molecular flexibility index (Phi) is 7.79. The van der Waals surface area contributed by atoms with Gasteiger partial charge in [-0.25, -0.2) is 0 Å². The highest BCUT2D eigenvalue weighted by molar-refractivity contribution is 9.09. The fourth-order valence-corrected chi connectivity index (χ4v) is 3.32. The Morgan fingerprint density at radius 1 is 1.40 bits per heavy atom. The van der Waals surface area contributed by atoms with Crippen molar-refractivity contribution < 1.29 is 0 Å². The Labute approximate surface area is 131 Å². The number of nitrogens with zero attached hydrogens (tertiary/aromatic N) is 3. The lowest BCUT2D eigenvalue weighted by Gasteiger charge is -2.35. The van der Waals surface area contributed by atoms with E-state index in [0.717, 1.165) is 37.8 Å². The van der Waals surface area contributed by atoms with Crippen LogP contribution in [0, 0.1) is 16.7 Å². The van der Waals surface area contributed by atoms with E-state index in [2.05, 4.69) is 51.8 Å². The van der Waals surface area contributed by atoms with Crippen LogP contribution >= 0.6 is 15.9 Å². The Bertz CT molecular complexity index is 401. The second-order valence-electron chi connectivity index (χ2n) is 5.32. The van der Waals surface area contributed by atoms with Crippen LogP contribution in [0.15, 0.2) is 24.5 Å². The molecule has 0 N–H and O–H groups in total. The van der Waals surface area contributed by atoms with Crippen molar-refractivity contribution in [1.82, 2.24) is 9.88 Å². The van der Waals surface area contributed by atoms with Gasteiger partial charge in [-0.15, -0.1) is 0 Å². The number of halogens is 1. The van der Waals surface area contributed by atoms with E-state index >= 15 is 0 Å². The smallest absolute Gasteiger partial charge is 0.0635 e. The van der Waals surface area contributed by atoms with Crippen molar-refractivity contribution in [2.45, 2.75) is 39.7 Å². The van der Waals surface area contributed by atoms with E-state index in [1.165, 1.54) is 5.56 Å². The molecule has 0 aliphatic carbocycles. The van der Waals surface area contributed by atoms with Crippen LogP contribution < -0.4 is 0 Å². The van der Waals surface area contributed by atoms with Gasteiger partial charge in [-0.05, 0) is 29.9 Å². The Morgan fingerprint density at radius 3 is 2.65 bits per heavy atom. The summed E-state index contributed by atoms with van der Waals surface area (Å²) >= 11 is 3.67. The molecule has 4 heteroatoms. The normalized spacial score (nSPS) is 11.6. The van der Waals surface area contributed by atoms with Gasteiger partial charge in [0.05, 0.1) is 6.07 Å². The van der Waals surface area contributed by atoms with E-state index in [4.69, 9.17) is 5.26 Å². The zero-order valence-electron chi connectivity index (χ0n) is 12.5. The first-order valence-electron chi connectivity index (χ1n) is 7.24. The van der Waals surface area contributed by atoms with Gasteiger partial charge in [-0.2, -0.15) is 5.26 Å². The lowest BCUT2D eigenvalue weighted by Crippen LogP contribution is -2.38. The highest BCUT2D eigenvalue weighted by Gasteiger charge is 2.27. The molecule has 20 heavy (non-hydrogen) atoms. The Balaban J connectivity index is 2.76. The molecule has 3 nitrogen and oxygen atoms in total. The standard InChI is InChI=1S/C16H24BrN3/c1-3-16(4-2,13-17)14-20(10-6-8-18)12-15-7-5-9-19-11-15/h5,7,9,11H,3-4,6,10,12-14H2,1-2H3. The van der Waals surface area contributed by atoms with Gasteiger partial charge in [0, 0.05) is 43.8 Å². The van der Waals surface area contributed by atoms with Crippen LogP contribution in [-0.2, 0) is 6.54 Å². The molecule has 1 aromatic rings. The van der Waals surface area contributed by atoms with Crippen molar-refractivity contribution in [3.63, 3.8) is 0 Å². The summed E-state index contributed by atoms with van der Waals surface area (Å²) in [6.45, 7) is 7.20. The predicted molar refractivity (Wildman–Crippen MR) is 86.6 cm³/mol. The quantitative estimate of drug-likeness (QED) is 0.639. The molecule has 0 atom stereocenters. The molecule has 0 saturated heterocycles. The zero-order chi connectivity index (χ0) is 14.8. The summed E-state index contributed by atoms with van der Waals surface area (Å²) in [5.41, 5.74) is 1.50. The first-order chi connectivity index (χ1) is 9.69. The minimum Gasteiger partial charge on any atom is -0.297 e. The average molecular weight is 338 g/mol. The minimum absolute atomic E-state index is 0.289. The number of aromatic nitrogens is 1. The molecule has 110 valence electrons. The third-order valence-corrected chi connectivity index (χ3v) is 5.20. The largest absolute Gasteiger partial charge is 0.297 e. The first kappa shape index (κ1) is 17.1. The van der Waals surface area contributed by atoms with E-state index in [9.17, 15) is 0 Å². The lowest BCUT2D eigenvalue weighted by molar-refractivity contribution is 0.154. The van der Waals surface area contributed by atoms with Gasteiger partial charge < -0.3 is 0 Å². The van der Waals surface area contributed by atoms with Crippen molar-refractivity contribution in [3.8, 4) is 6.07 Å². The fourth-order valence-electron chi connectivity index (χ4n) is 2.35. The van der Waals surface area contributed by atoms with Gasteiger partial charge in [0.2, 0.25) is 0 Å². The van der Waals surface area contributed by atoms with Crippen LogP contribution in [0.2, 0.25) is 0 Å². The molecule has 1 rings (SSSR count). The van der Waals surface area contributed by atoms with E-state index in [1.54, 1.807) is 6.20 Å². The van der Waals surface area contributed by atoms with Gasteiger partial charge in [0.1, 0.15) is 0 Å². The fraction of sp³-hybridized carbons (Fsp3) is 0.625. The van der Waals surface area contributed by atoms with Crippen LogP contribution in [0.4, 0.5) is 0 Å². The highest BCUT2D eigenvalue weighted by Crippen LogP contribution is 2.30. The number of alkyl halides is 1. The van der Waals surface area contributed by atoms with Crippen LogP contribution in [0.1, 0.15) is 38.7 Å². The Morgan fingerprint density at radius 2 is 2.15 bits per heavy atom. The molecule has 0 aromatic carbocycles. The van der Waals surface area contributed by atoms with Crippen LogP contribution in [0.5, 0.6) is 0 Å². The average Bonchev–Trinajstić information content (AvgIpc) is 2.51. The highest BCUT2D eigenvalue weighted by atomic mass is 79.9. The molecule has 0 amide bonds. The van der Waals surface area contributed by atoms with Crippen molar-refractivity contribution in [3.05, 3.63) is 30.1 Å². The van der Waals surface area contributed by atoms with Gasteiger partial charge in [0.15, 0.2) is 0 Å². The van der Waals surface area contributed by atoms with Crippen molar-refractivity contribution >= 4 is 15.9 Å². The SMILES string of the molecule is CCC(CC)(CBr)CN(CCC#N)Cc1cccnc1. The topological polar surface area (TPSA) is 39.9 Å². The molecule has 1 aromatic heterocycles. The monoisotopic (exact) mass is 337 g/mol. The molecule has 0 bridgehead atoms. The molecule has 0 fully saturated rings. The number of hydrogen-bond donors (Lipinski definition) is 0. The summed E-state index contributed by atoms with van der Waals surface area (Å²) < 4.78 is 0. The maximum absolute atomic E-state index is 8.85. The van der Waals surface area contributed by atoms with E-state index in [1.807, 2.05) is 12.3 Å². The molecular weight excluding hydrogens is 314 g/mol. The van der Waals surface area contributed by atoms with Gasteiger partial charge >= 0.3 is 0 Å². The number of pyridine rings is 1. The predicted octanol–water partition coefficient (Wildman–Crippen LogP) is 4.00. The van der Waals surface area contributed by atoms with Gasteiger partial charge in [-0.1, -0.05) is 35.8 Å². The molecule has 0 spiro atoms. The minimum atomic E-state index is 0.289. The summed E-state index contributed by atoms with van der Waals surface area (Å²) in [4.78, 5) is 6.56. The van der Waals surface area contributed by atoms with E-state index < -0.39 is 0 Å². The summed E-state index contributed by atoms with van der Waals surface area (Å²) in [5.74, 6) is 0. The molecule has 0 saturated carbocycles. The summed E-state index contributed by atoms with van der Waals surface area (Å²) in [6, 6.07) is 6.32. The third-order valence-electron chi connectivity index (χ3n) is 4.01. The van der Waals surface area contributed by atoms with E-state index in [0.29, 0.717) is 6.42 Å². The van der Waals surface area contributed by atoms with Crippen molar-refractivity contribution in [2.75, 3.05) is 18.4 Å². The van der Waals surface area contributed by atoms with Gasteiger partial charge in [-0.3, -0.25) is 9.88 Å². The third kappa shape index (κ3) is 5.22. The van der Waals surface area contributed by atoms with Crippen LogP contribution in [0.3, 0.4) is 0 Å². The summed E-state index contributed by atoms with van der Waals surface area (Å²) in [7, 11) is 0. The number of hydrogen-bond acceptors (Lipinski definition) is 3. The lowest BCUT2D eigenvalue weighted by atomic mass is 9.84. The molecule has 0 unspecified atom stereocenters. The first-order valence-corrected chi connectivity index (χ1v) is 8.36. The van der Waals surface area contributed by atoms with Gasteiger partial charge in [0.25, 0.3) is 0 Å². The van der Waals surface area contributed by atoms with Crippen molar-refractivity contribution in [2.24, 2.45) is 5.41 Å². The van der Waals surface area contributed by atoms with Crippen LogP contribution in [0.25, 0.3) is 0 Å². The summed E-state index contributed by atoms with van der Waals surface area (Å²) in [6.07, 6.45) is 6.57. The molecule has 1 heterocycles. The molecule has 0 aliphatic rings. The Hall–Kier alpha value is -0.920. The van der Waals surface area contributed by atoms with Crippen LogP contribution in [-0.4, -0.2) is 28.3 Å². The molecular formula is C16H24BrN3. The zero-order valence-corrected chi connectivity index (χ0v) is 14.1.